The van der Waals surface area contributed by atoms with Crippen molar-refractivity contribution in [2.24, 2.45) is 11.8 Å². The van der Waals surface area contributed by atoms with E-state index in [0.29, 0.717) is 38.8 Å². The van der Waals surface area contributed by atoms with Crippen LogP contribution in [0.5, 0.6) is 0 Å². The minimum Gasteiger partial charge on any atom is -0.354 e. The number of amides is 1. The van der Waals surface area contributed by atoms with Crippen molar-refractivity contribution in [1.29, 1.82) is 0 Å². The summed E-state index contributed by atoms with van der Waals surface area (Å²) in [6.07, 6.45) is 2.42. The molecule has 8 heteroatoms. The summed E-state index contributed by atoms with van der Waals surface area (Å²) in [5.74, 6) is -2.06. The van der Waals surface area contributed by atoms with Crippen LogP contribution in [0.1, 0.15) is 38.5 Å². The predicted octanol–water partition coefficient (Wildman–Crippen LogP) is 2.45. The van der Waals surface area contributed by atoms with E-state index in [1.807, 2.05) is 0 Å². The highest BCUT2D eigenvalue weighted by molar-refractivity contribution is 5.84. The monoisotopic (exact) mass is 358 g/mol. The molecule has 5 nitrogen and oxygen atoms in total. The van der Waals surface area contributed by atoms with Gasteiger partial charge in [-0.3, -0.25) is 9.48 Å². The molecule has 1 amide bonds. The van der Waals surface area contributed by atoms with E-state index in [9.17, 15) is 18.0 Å². The molecule has 2 unspecified atom stereocenters. The Bertz CT molecular complexity index is 567. The first kappa shape index (κ1) is 18.2. The van der Waals surface area contributed by atoms with Crippen molar-refractivity contribution in [2.45, 2.75) is 50.2 Å². The molecule has 2 heterocycles. The number of aromatic nitrogens is 2. The number of alkyl halides is 3. The van der Waals surface area contributed by atoms with E-state index < -0.39 is 23.6 Å². The van der Waals surface area contributed by atoms with Gasteiger partial charge in [-0.15, -0.1) is 0 Å². The lowest BCUT2D eigenvalue weighted by Crippen LogP contribution is -2.55. The molecule has 0 bridgehead atoms. The van der Waals surface area contributed by atoms with Crippen LogP contribution < -0.4 is 10.6 Å². The number of carbonyl (C=O) groups excluding carboxylic acids is 1. The molecule has 2 N–H and O–H groups in total. The number of nitrogens with one attached hydrogen (secondary N) is 2. The second-order valence-electron chi connectivity index (χ2n) is 7.13. The highest BCUT2D eigenvalue weighted by Crippen LogP contribution is 2.41. The average molecular weight is 358 g/mol. The first-order valence-electron chi connectivity index (χ1n) is 8.99. The molecule has 2 atom stereocenters. The van der Waals surface area contributed by atoms with Gasteiger partial charge < -0.3 is 10.6 Å². The van der Waals surface area contributed by atoms with Gasteiger partial charge in [-0.1, -0.05) is 12.8 Å². The summed E-state index contributed by atoms with van der Waals surface area (Å²) >= 11 is 0. The van der Waals surface area contributed by atoms with Crippen LogP contribution >= 0.6 is 0 Å². The van der Waals surface area contributed by atoms with Crippen LogP contribution in [0.3, 0.4) is 0 Å². The number of piperidine rings is 1. The lowest BCUT2D eigenvalue weighted by atomic mass is 9.78. The molecule has 2 aliphatic rings. The molecule has 1 aromatic heterocycles. The van der Waals surface area contributed by atoms with Gasteiger partial charge >= 0.3 is 6.18 Å². The van der Waals surface area contributed by atoms with Gasteiger partial charge in [0.05, 0.1) is 5.92 Å². The standard InChI is InChI=1S/C17H25F3N4O/c18-17(19,20)14-5-2-1-4-13(14)12-22-15(25)16(6-9-21-10-7-16)24-11-3-8-23-24/h3,8,11,13-14,21H,1-2,4-7,9-10,12H2,(H,22,25). The summed E-state index contributed by atoms with van der Waals surface area (Å²) < 4.78 is 41.4. The molecule has 1 aliphatic heterocycles. The summed E-state index contributed by atoms with van der Waals surface area (Å²) in [5.41, 5.74) is -0.808. The normalized spacial score (nSPS) is 27.0. The van der Waals surface area contributed by atoms with Gasteiger partial charge in [-0.2, -0.15) is 18.3 Å². The van der Waals surface area contributed by atoms with Crippen molar-refractivity contribution in [3.63, 3.8) is 0 Å². The van der Waals surface area contributed by atoms with Gasteiger partial charge in [0.15, 0.2) is 0 Å². The van der Waals surface area contributed by atoms with Gasteiger partial charge in [-0.25, -0.2) is 0 Å². The molecule has 0 spiro atoms. The second kappa shape index (κ2) is 7.35. The molecular weight excluding hydrogens is 333 g/mol. The fourth-order valence-electron chi connectivity index (χ4n) is 4.19. The fourth-order valence-corrected chi connectivity index (χ4v) is 4.19. The molecule has 1 aromatic rings. The highest BCUT2D eigenvalue weighted by Gasteiger charge is 2.46. The summed E-state index contributed by atoms with van der Waals surface area (Å²) in [5, 5.41) is 10.3. The molecule has 0 radical (unpaired) electrons. The zero-order valence-corrected chi connectivity index (χ0v) is 14.2. The molecule has 3 rings (SSSR count). The molecule has 25 heavy (non-hydrogen) atoms. The largest absolute Gasteiger partial charge is 0.392 e. The van der Waals surface area contributed by atoms with Crippen LogP contribution in [0.15, 0.2) is 18.5 Å². The van der Waals surface area contributed by atoms with Crippen molar-refractivity contribution in [3.05, 3.63) is 18.5 Å². The van der Waals surface area contributed by atoms with Crippen LogP contribution in [-0.2, 0) is 10.3 Å². The number of carbonyl (C=O) groups is 1. The fraction of sp³-hybridized carbons (Fsp3) is 0.765. The van der Waals surface area contributed by atoms with Gasteiger partial charge in [0, 0.05) is 18.9 Å². The average Bonchev–Trinajstić information content (AvgIpc) is 3.15. The third-order valence-electron chi connectivity index (χ3n) is 5.65. The lowest BCUT2D eigenvalue weighted by Gasteiger charge is -2.38. The molecule has 140 valence electrons. The van der Waals surface area contributed by atoms with E-state index in [4.69, 9.17) is 0 Å². The van der Waals surface area contributed by atoms with E-state index in [2.05, 4.69) is 15.7 Å². The minimum absolute atomic E-state index is 0.0828. The molecular formula is C17H25F3N4O. The first-order valence-corrected chi connectivity index (χ1v) is 8.99. The number of nitrogens with zero attached hydrogens (tertiary/aromatic N) is 2. The Balaban J connectivity index is 1.69. The Morgan fingerprint density at radius 3 is 2.64 bits per heavy atom. The van der Waals surface area contributed by atoms with Crippen molar-refractivity contribution >= 4 is 5.91 Å². The summed E-state index contributed by atoms with van der Waals surface area (Å²) in [7, 11) is 0. The SMILES string of the molecule is O=C(NCC1CCCCC1C(F)(F)F)C1(n2cccn2)CCNCC1. The zero-order chi connectivity index (χ0) is 17.9. The van der Waals surface area contributed by atoms with Gasteiger partial charge in [-0.05, 0) is 50.8 Å². The first-order chi connectivity index (χ1) is 11.9. The Kier molecular flexibility index (Phi) is 5.36. The summed E-state index contributed by atoms with van der Waals surface area (Å²) in [6.45, 7) is 1.45. The predicted molar refractivity (Wildman–Crippen MR) is 86.8 cm³/mol. The van der Waals surface area contributed by atoms with Crippen molar-refractivity contribution in [2.75, 3.05) is 19.6 Å². The van der Waals surface area contributed by atoms with Crippen LogP contribution in [-0.4, -0.2) is 41.5 Å². The van der Waals surface area contributed by atoms with E-state index >= 15 is 0 Å². The number of hydrogen-bond acceptors (Lipinski definition) is 3. The zero-order valence-electron chi connectivity index (χ0n) is 14.2. The molecule has 0 aromatic carbocycles. The molecule has 2 fully saturated rings. The van der Waals surface area contributed by atoms with E-state index in [-0.39, 0.29) is 18.9 Å². The van der Waals surface area contributed by atoms with Gasteiger partial charge in [0.2, 0.25) is 5.91 Å². The van der Waals surface area contributed by atoms with Crippen molar-refractivity contribution in [1.82, 2.24) is 20.4 Å². The van der Waals surface area contributed by atoms with Crippen LogP contribution in [0.4, 0.5) is 13.2 Å². The number of hydrogen-bond donors (Lipinski definition) is 2. The summed E-state index contributed by atoms with van der Waals surface area (Å²) in [6, 6.07) is 1.76. The molecule has 1 saturated carbocycles. The van der Waals surface area contributed by atoms with E-state index in [1.165, 1.54) is 0 Å². The Morgan fingerprint density at radius 1 is 1.28 bits per heavy atom. The van der Waals surface area contributed by atoms with Crippen molar-refractivity contribution < 1.29 is 18.0 Å². The highest BCUT2D eigenvalue weighted by atomic mass is 19.4. The maximum absolute atomic E-state index is 13.2. The molecule has 1 aliphatic carbocycles. The lowest BCUT2D eigenvalue weighted by molar-refractivity contribution is -0.196. The van der Waals surface area contributed by atoms with Crippen molar-refractivity contribution in [3.8, 4) is 0 Å². The van der Waals surface area contributed by atoms with Crippen LogP contribution in [0.2, 0.25) is 0 Å². The Labute approximate surface area is 145 Å². The second-order valence-corrected chi connectivity index (χ2v) is 7.13. The topological polar surface area (TPSA) is 59.0 Å². The number of rotatable bonds is 4. The van der Waals surface area contributed by atoms with Gasteiger partial charge in [0.1, 0.15) is 5.54 Å². The Morgan fingerprint density at radius 2 is 2.00 bits per heavy atom. The molecule has 1 saturated heterocycles. The third kappa shape index (κ3) is 3.83. The third-order valence-corrected chi connectivity index (χ3v) is 5.65. The van der Waals surface area contributed by atoms with E-state index in [1.54, 1.807) is 23.1 Å². The summed E-state index contributed by atoms with van der Waals surface area (Å²) in [4.78, 5) is 12.9. The Hall–Kier alpha value is -1.57. The smallest absolute Gasteiger partial charge is 0.354 e. The quantitative estimate of drug-likeness (QED) is 0.869. The van der Waals surface area contributed by atoms with Crippen LogP contribution in [0.25, 0.3) is 0 Å². The minimum atomic E-state index is -4.19. The maximum Gasteiger partial charge on any atom is 0.392 e. The van der Waals surface area contributed by atoms with E-state index in [0.717, 1.165) is 6.42 Å². The number of halogens is 3. The van der Waals surface area contributed by atoms with Gasteiger partial charge in [0.25, 0.3) is 0 Å². The maximum atomic E-state index is 13.2. The van der Waals surface area contributed by atoms with Crippen LogP contribution in [0, 0.1) is 11.8 Å².